The third-order valence-electron chi connectivity index (χ3n) is 5.69. The largest absolute Gasteiger partial charge is 0.322 e. The summed E-state index contributed by atoms with van der Waals surface area (Å²) in [4.78, 5) is 13.2. The summed E-state index contributed by atoms with van der Waals surface area (Å²) in [7, 11) is 0. The highest BCUT2D eigenvalue weighted by atomic mass is 35.5. The van der Waals surface area contributed by atoms with Gasteiger partial charge in [-0.2, -0.15) is 0 Å². The molecule has 4 heteroatoms. The number of nitrogens with zero attached hydrogens (tertiary/aromatic N) is 1. The number of nitrogens with one attached hydrogen (secondary N) is 1. The first-order valence-electron chi connectivity index (χ1n) is 10.3. The van der Waals surface area contributed by atoms with E-state index in [0.29, 0.717) is 10.6 Å². The second kappa shape index (κ2) is 8.44. The molecule has 31 heavy (non-hydrogen) atoms. The van der Waals surface area contributed by atoms with Crippen molar-refractivity contribution in [1.29, 1.82) is 0 Å². The summed E-state index contributed by atoms with van der Waals surface area (Å²) in [6.07, 6.45) is 0. The van der Waals surface area contributed by atoms with Gasteiger partial charge in [0.1, 0.15) is 0 Å². The van der Waals surface area contributed by atoms with Crippen LogP contribution in [0.5, 0.6) is 0 Å². The number of hydrogen-bond acceptors (Lipinski definition) is 1. The molecule has 3 aromatic carbocycles. The summed E-state index contributed by atoms with van der Waals surface area (Å²) < 4.78 is 2.12. The Morgan fingerprint density at radius 1 is 0.806 bits per heavy atom. The second-order valence-electron chi connectivity index (χ2n) is 7.96. The minimum absolute atomic E-state index is 0.123. The van der Waals surface area contributed by atoms with Gasteiger partial charge >= 0.3 is 0 Å². The van der Waals surface area contributed by atoms with Crippen LogP contribution in [0.15, 0.2) is 72.8 Å². The molecule has 1 heterocycles. The van der Waals surface area contributed by atoms with E-state index >= 15 is 0 Å². The molecule has 0 saturated heterocycles. The van der Waals surface area contributed by atoms with Crippen LogP contribution >= 0.6 is 11.6 Å². The highest BCUT2D eigenvalue weighted by molar-refractivity contribution is 6.30. The van der Waals surface area contributed by atoms with Gasteiger partial charge in [-0.05, 0) is 86.8 Å². The number of aromatic nitrogens is 1. The fraction of sp³-hybridized carbons (Fsp3) is 0.148. The second-order valence-corrected chi connectivity index (χ2v) is 8.40. The topological polar surface area (TPSA) is 34.0 Å². The smallest absolute Gasteiger partial charge is 0.257 e. The van der Waals surface area contributed by atoms with Crippen molar-refractivity contribution >= 4 is 23.2 Å². The molecule has 1 N–H and O–H groups in total. The Kier molecular flexibility index (Phi) is 5.71. The maximum atomic E-state index is 13.2. The molecule has 0 radical (unpaired) electrons. The highest BCUT2D eigenvalue weighted by Crippen LogP contribution is 2.31. The Morgan fingerprint density at radius 2 is 1.48 bits per heavy atom. The molecule has 0 saturated carbocycles. The van der Waals surface area contributed by atoms with Crippen molar-refractivity contribution in [3.63, 3.8) is 0 Å². The van der Waals surface area contributed by atoms with Gasteiger partial charge in [-0.1, -0.05) is 47.5 Å². The number of rotatable bonds is 4. The van der Waals surface area contributed by atoms with Crippen molar-refractivity contribution in [1.82, 2.24) is 4.57 Å². The first-order chi connectivity index (χ1) is 14.8. The van der Waals surface area contributed by atoms with E-state index in [1.807, 2.05) is 62.4 Å². The summed E-state index contributed by atoms with van der Waals surface area (Å²) in [6, 6.07) is 23.9. The molecule has 4 rings (SSSR count). The number of halogens is 1. The van der Waals surface area contributed by atoms with Crippen molar-refractivity contribution < 1.29 is 4.79 Å². The Labute approximate surface area is 188 Å². The van der Waals surface area contributed by atoms with E-state index in [9.17, 15) is 4.79 Å². The average molecular weight is 429 g/mol. The lowest BCUT2D eigenvalue weighted by Crippen LogP contribution is -2.13. The van der Waals surface area contributed by atoms with Crippen LogP contribution in [0.1, 0.15) is 32.7 Å². The van der Waals surface area contributed by atoms with Crippen LogP contribution in [0.25, 0.3) is 16.9 Å². The SMILES string of the molecule is Cc1ccc(-n2c(-c3ccc(Cl)cc3)cc(C(=O)Nc3ccc(C)c(C)c3)c2C)cc1. The molecule has 0 aliphatic rings. The highest BCUT2D eigenvalue weighted by Gasteiger charge is 2.20. The molecule has 4 aromatic rings. The van der Waals surface area contributed by atoms with Gasteiger partial charge in [0.2, 0.25) is 0 Å². The van der Waals surface area contributed by atoms with E-state index < -0.39 is 0 Å². The number of amides is 1. The van der Waals surface area contributed by atoms with Crippen LogP contribution in [-0.4, -0.2) is 10.5 Å². The van der Waals surface area contributed by atoms with Gasteiger partial charge in [-0.3, -0.25) is 4.79 Å². The number of carbonyl (C=O) groups excluding carboxylic acids is 1. The van der Waals surface area contributed by atoms with Crippen LogP contribution in [0.4, 0.5) is 5.69 Å². The third-order valence-corrected chi connectivity index (χ3v) is 5.94. The number of hydrogen-bond donors (Lipinski definition) is 1. The molecule has 0 fully saturated rings. The molecular weight excluding hydrogens is 404 g/mol. The number of carbonyl (C=O) groups is 1. The summed E-state index contributed by atoms with van der Waals surface area (Å²) in [5.74, 6) is -0.123. The number of anilines is 1. The summed E-state index contributed by atoms with van der Waals surface area (Å²) >= 11 is 6.10. The molecule has 0 bridgehead atoms. The Balaban J connectivity index is 1.80. The van der Waals surface area contributed by atoms with E-state index in [1.165, 1.54) is 11.1 Å². The zero-order valence-corrected chi connectivity index (χ0v) is 18.9. The van der Waals surface area contributed by atoms with E-state index in [2.05, 4.69) is 48.0 Å². The van der Waals surface area contributed by atoms with Crippen molar-refractivity contribution in [2.24, 2.45) is 0 Å². The zero-order valence-electron chi connectivity index (χ0n) is 18.2. The first kappa shape index (κ1) is 21.0. The molecular formula is C27H25ClN2O. The molecule has 0 aliphatic carbocycles. The van der Waals surface area contributed by atoms with E-state index in [1.54, 1.807) is 0 Å². The quantitative estimate of drug-likeness (QED) is 0.364. The number of aryl methyl sites for hydroxylation is 3. The predicted molar refractivity (Wildman–Crippen MR) is 130 cm³/mol. The molecule has 0 aliphatic heterocycles. The monoisotopic (exact) mass is 428 g/mol. The molecule has 3 nitrogen and oxygen atoms in total. The van der Waals surface area contributed by atoms with Gasteiger partial charge in [0, 0.05) is 22.1 Å². The summed E-state index contributed by atoms with van der Waals surface area (Å²) in [6.45, 7) is 8.15. The minimum atomic E-state index is -0.123. The Bertz CT molecular complexity index is 1250. The first-order valence-corrected chi connectivity index (χ1v) is 10.7. The van der Waals surface area contributed by atoms with Crippen LogP contribution < -0.4 is 5.32 Å². The van der Waals surface area contributed by atoms with Gasteiger partial charge in [0.05, 0.1) is 11.3 Å². The zero-order chi connectivity index (χ0) is 22.1. The van der Waals surface area contributed by atoms with Crippen LogP contribution in [-0.2, 0) is 0 Å². The molecule has 1 amide bonds. The summed E-state index contributed by atoms with van der Waals surface area (Å²) in [5, 5.41) is 3.74. The average Bonchev–Trinajstić information content (AvgIpc) is 3.09. The lowest BCUT2D eigenvalue weighted by molar-refractivity contribution is 0.102. The normalized spacial score (nSPS) is 10.9. The maximum absolute atomic E-state index is 13.2. The van der Waals surface area contributed by atoms with Gasteiger partial charge in [-0.15, -0.1) is 0 Å². The van der Waals surface area contributed by atoms with Gasteiger partial charge in [0.25, 0.3) is 5.91 Å². The van der Waals surface area contributed by atoms with Crippen molar-refractivity contribution in [3.8, 4) is 16.9 Å². The molecule has 156 valence electrons. The lowest BCUT2D eigenvalue weighted by Gasteiger charge is -2.13. The van der Waals surface area contributed by atoms with Crippen molar-refractivity contribution in [2.45, 2.75) is 27.7 Å². The van der Waals surface area contributed by atoms with Crippen molar-refractivity contribution in [2.75, 3.05) is 5.32 Å². The summed E-state index contributed by atoms with van der Waals surface area (Å²) in [5.41, 5.74) is 8.81. The standard InChI is InChI=1S/C27H25ClN2O/c1-17-5-13-24(14-6-17)30-20(4)25(16-26(30)21-8-10-22(28)11-9-21)27(31)29-23-12-7-18(2)19(3)15-23/h5-16H,1-4H3,(H,29,31). The molecule has 0 atom stereocenters. The fourth-order valence-corrected chi connectivity index (χ4v) is 3.84. The maximum Gasteiger partial charge on any atom is 0.257 e. The van der Waals surface area contributed by atoms with Crippen molar-refractivity contribution in [3.05, 3.63) is 106 Å². The van der Waals surface area contributed by atoms with E-state index in [0.717, 1.165) is 33.9 Å². The number of benzene rings is 3. The Morgan fingerprint density at radius 3 is 2.13 bits per heavy atom. The van der Waals surface area contributed by atoms with Gasteiger partial charge in [-0.25, -0.2) is 0 Å². The molecule has 0 spiro atoms. The lowest BCUT2D eigenvalue weighted by atomic mass is 10.1. The van der Waals surface area contributed by atoms with Gasteiger partial charge < -0.3 is 9.88 Å². The molecule has 0 unspecified atom stereocenters. The van der Waals surface area contributed by atoms with Crippen LogP contribution in [0.3, 0.4) is 0 Å². The fourth-order valence-electron chi connectivity index (χ4n) is 3.71. The molecule has 1 aromatic heterocycles. The van der Waals surface area contributed by atoms with Crippen LogP contribution in [0, 0.1) is 27.7 Å². The minimum Gasteiger partial charge on any atom is -0.322 e. The Hall–Kier alpha value is -3.30. The third kappa shape index (κ3) is 4.28. The van der Waals surface area contributed by atoms with Crippen LogP contribution in [0.2, 0.25) is 5.02 Å². The van der Waals surface area contributed by atoms with E-state index in [-0.39, 0.29) is 5.91 Å². The van der Waals surface area contributed by atoms with E-state index in [4.69, 9.17) is 11.6 Å². The van der Waals surface area contributed by atoms with Gasteiger partial charge in [0.15, 0.2) is 0 Å². The predicted octanol–water partition coefficient (Wildman–Crippen LogP) is 7.28.